The predicted octanol–water partition coefficient (Wildman–Crippen LogP) is 2.03. The van der Waals surface area contributed by atoms with E-state index in [4.69, 9.17) is 5.73 Å². The molecular formula is C19H20F3N5O2. The van der Waals surface area contributed by atoms with Crippen molar-refractivity contribution in [2.45, 2.75) is 12.7 Å². The van der Waals surface area contributed by atoms with Gasteiger partial charge < -0.3 is 10.6 Å². The second-order valence-electron chi connectivity index (χ2n) is 7.64. The number of hydrogen-bond acceptors (Lipinski definition) is 4. The van der Waals surface area contributed by atoms with Crippen LogP contribution in [0.4, 0.5) is 18.0 Å². The predicted molar refractivity (Wildman–Crippen MR) is 96.8 cm³/mol. The summed E-state index contributed by atoms with van der Waals surface area (Å²) < 4.78 is 39.8. The number of rotatable bonds is 3. The largest absolute Gasteiger partial charge is 0.416 e. The third-order valence-electron chi connectivity index (χ3n) is 5.56. The fourth-order valence-electron chi connectivity index (χ4n) is 4.18. The first-order chi connectivity index (χ1) is 13.7. The normalized spacial score (nSPS) is 22.1. The summed E-state index contributed by atoms with van der Waals surface area (Å²) in [7, 11) is 0. The molecule has 4 rings (SSSR count). The lowest BCUT2D eigenvalue weighted by Gasteiger charge is -2.21. The highest BCUT2D eigenvalue weighted by atomic mass is 19.4. The fraction of sp³-hybridized carbons (Fsp3) is 0.421. The second kappa shape index (κ2) is 7.18. The van der Waals surface area contributed by atoms with E-state index in [-0.39, 0.29) is 23.4 Å². The highest BCUT2D eigenvalue weighted by Gasteiger charge is 2.42. The molecule has 2 aliphatic rings. The van der Waals surface area contributed by atoms with Crippen LogP contribution in [0.3, 0.4) is 0 Å². The van der Waals surface area contributed by atoms with Crippen LogP contribution in [0.1, 0.15) is 21.5 Å². The zero-order chi connectivity index (χ0) is 20.8. The Morgan fingerprint density at radius 3 is 2.41 bits per heavy atom. The summed E-state index contributed by atoms with van der Waals surface area (Å²) in [5.74, 6) is -0.126. The molecule has 7 nitrogen and oxygen atoms in total. The quantitative estimate of drug-likeness (QED) is 0.844. The number of hydrogen-bond donors (Lipinski definition) is 1. The lowest BCUT2D eigenvalue weighted by molar-refractivity contribution is -0.137. The van der Waals surface area contributed by atoms with Crippen LogP contribution in [0, 0.1) is 11.8 Å². The maximum Gasteiger partial charge on any atom is 0.416 e. The van der Waals surface area contributed by atoms with Crippen molar-refractivity contribution in [2.75, 3.05) is 26.2 Å². The van der Waals surface area contributed by atoms with Gasteiger partial charge in [0.25, 0.3) is 5.91 Å². The Morgan fingerprint density at radius 1 is 1.14 bits per heavy atom. The minimum atomic E-state index is -4.35. The minimum Gasteiger partial charge on any atom is -0.366 e. The van der Waals surface area contributed by atoms with Crippen molar-refractivity contribution >= 4 is 11.9 Å². The minimum absolute atomic E-state index is 0.171. The Labute approximate surface area is 164 Å². The highest BCUT2D eigenvalue weighted by Crippen LogP contribution is 2.33. The first kappa shape index (κ1) is 19.4. The SMILES string of the molecule is NC(=O)c1cnn(C(=O)N2CC3CN(Cc4cccc(C(F)(F)F)c4)CC3C2)c1. The summed E-state index contributed by atoms with van der Waals surface area (Å²) in [5, 5.41) is 3.90. The molecule has 1 aromatic heterocycles. The molecule has 2 N–H and O–H groups in total. The molecule has 2 aromatic rings. The molecule has 0 bridgehead atoms. The van der Waals surface area contributed by atoms with Crippen molar-refractivity contribution < 1.29 is 22.8 Å². The molecule has 0 saturated carbocycles. The molecule has 1 aromatic carbocycles. The molecule has 2 fully saturated rings. The molecule has 2 atom stereocenters. The van der Waals surface area contributed by atoms with E-state index >= 15 is 0 Å². The van der Waals surface area contributed by atoms with Crippen LogP contribution < -0.4 is 5.73 Å². The Kier molecular flexibility index (Phi) is 4.81. The Balaban J connectivity index is 1.35. The van der Waals surface area contributed by atoms with Gasteiger partial charge in [-0.05, 0) is 23.5 Å². The average molecular weight is 407 g/mol. The lowest BCUT2D eigenvalue weighted by atomic mass is 10.0. The average Bonchev–Trinajstić information content (AvgIpc) is 3.35. The first-order valence-electron chi connectivity index (χ1n) is 9.23. The molecule has 3 heterocycles. The number of aromatic nitrogens is 2. The van der Waals surface area contributed by atoms with Crippen LogP contribution in [-0.4, -0.2) is 57.7 Å². The van der Waals surface area contributed by atoms with Crippen molar-refractivity contribution in [1.82, 2.24) is 19.6 Å². The summed E-state index contributed by atoms with van der Waals surface area (Å²) in [6, 6.07) is 5.09. The van der Waals surface area contributed by atoms with Gasteiger partial charge in [-0.1, -0.05) is 18.2 Å². The van der Waals surface area contributed by atoms with E-state index in [0.717, 1.165) is 23.8 Å². The van der Waals surface area contributed by atoms with Gasteiger partial charge in [0.2, 0.25) is 0 Å². The summed E-state index contributed by atoms with van der Waals surface area (Å²) in [6.45, 7) is 2.99. The number of benzene rings is 1. The number of nitrogens with zero attached hydrogens (tertiary/aromatic N) is 4. The second-order valence-corrected chi connectivity index (χ2v) is 7.64. The highest BCUT2D eigenvalue weighted by molar-refractivity contribution is 5.93. The molecule has 2 aliphatic heterocycles. The van der Waals surface area contributed by atoms with E-state index in [2.05, 4.69) is 10.00 Å². The van der Waals surface area contributed by atoms with Crippen molar-refractivity contribution in [3.63, 3.8) is 0 Å². The molecule has 10 heteroatoms. The molecule has 154 valence electrons. The summed E-state index contributed by atoms with van der Waals surface area (Å²) >= 11 is 0. The maximum atomic E-state index is 12.9. The van der Waals surface area contributed by atoms with Gasteiger partial charge in [-0.25, -0.2) is 4.79 Å². The monoisotopic (exact) mass is 407 g/mol. The summed E-state index contributed by atoms with van der Waals surface area (Å²) in [4.78, 5) is 27.5. The van der Waals surface area contributed by atoms with Gasteiger partial charge in [-0.2, -0.15) is 23.0 Å². The Morgan fingerprint density at radius 2 is 1.83 bits per heavy atom. The van der Waals surface area contributed by atoms with Gasteiger partial charge >= 0.3 is 12.2 Å². The van der Waals surface area contributed by atoms with Crippen LogP contribution in [0.25, 0.3) is 0 Å². The maximum absolute atomic E-state index is 12.9. The Bertz CT molecular complexity index is 928. The number of fused-ring (bicyclic) bond motifs is 1. The number of primary amides is 1. The number of amides is 2. The third-order valence-corrected chi connectivity index (χ3v) is 5.56. The van der Waals surface area contributed by atoms with Crippen LogP contribution in [0.5, 0.6) is 0 Å². The molecule has 0 aliphatic carbocycles. The lowest BCUT2D eigenvalue weighted by Crippen LogP contribution is -2.36. The molecule has 29 heavy (non-hydrogen) atoms. The van der Waals surface area contributed by atoms with Gasteiger partial charge in [-0.3, -0.25) is 9.69 Å². The van der Waals surface area contributed by atoms with Gasteiger partial charge in [0.15, 0.2) is 0 Å². The first-order valence-corrected chi connectivity index (χ1v) is 9.23. The van der Waals surface area contributed by atoms with Crippen molar-refractivity contribution in [3.05, 3.63) is 53.3 Å². The molecule has 2 saturated heterocycles. The molecule has 2 unspecified atom stereocenters. The number of likely N-dealkylation sites (tertiary alicyclic amines) is 2. The van der Waals surface area contributed by atoms with Crippen LogP contribution >= 0.6 is 0 Å². The van der Waals surface area contributed by atoms with E-state index in [9.17, 15) is 22.8 Å². The standard InChI is InChI=1S/C19H20F3N5O2/c20-19(21,22)16-3-1-2-12(4-16)6-25-7-14-9-26(10-15(14)8-25)18(29)27-11-13(5-24-27)17(23)28/h1-5,11,14-15H,6-10H2,(H2,23,28). The van der Waals surface area contributed by atoms with Crippen LogP contribution in [0.2, 0.25) is 0 Å². The number of carbonyl (C=O) groups is 2. The van der Waals surface area contributed by atoms with Crippen molar-refractivity contribution in [2.24, 2.45) is 17.6 Å². The van der Waals surface area contributed by atoms with Crippen LogP contribution in [0.15, 0.2) is 36.7 Å². The smallest absolute Gasteiger partial charge is 0.366 e. The third kappa shape index (κ3) is 3.98. The number of carbonyl (C=O) groups excluding carboxylic acids is 2. The fourth-order valence-corrected chi connectivity index (χ4v) is 4.18. The van der Waals surface area contributed by atoms with E-state index < -0.39 is 17.6 Å². The van der Waals surface area contributed by atoms with E-state index in [1.807, 2.05) is 0 Å². The van der Waals surface area contributed by atoms with Gasteiger partial charge in [-0.15, -0.1) is 0 Å². The van der Waals surface area contributed by atoms with E-state index in [1.165, 1.54) is 24.5 Å². The van der Waals surface area contributed by atoms with Gasteiger partial charge in [0.05, 0.1) is 17.3 Å². The van der Waals surface area contributed by atoms with Gasteiger partial charge in [0.1, 0.15) is 0 Å². The topological polar surface area (TPSA) is 84.5 Å². The molecular weight excluding hydrogens is 387 g/mol. The number of nitrogens with two attached hydrogens (primary N) is 1. The van der Waals surface area contributed by atoms with E-state index in [0.29, 0.717) is 25.2 Å². The van der Waals surface area contributed by atoms with Crippen molar-refractivity contribution in [1.29, 1.82) is 0 Å². The zero-order valence-electron chi connectivity index (χ0n) is 15.5. The molecule has 0 spiro atoms. The Hall–Kier alpha value is -2.88. The van der Waals surface area contributed by atoms with Crippen LogP contribution in [-0.2, 0) is 12.7 Å². The summed E-state index contributed by atoms with van der Waals surface area (Å²) in [6.07, 6.45) is -1.77. The van der Waals surface area contributed by atoms with E-state index in [1.54, 1.807) is 11.0 Å². The molecule has 0 radical (unpaired) electrons. The van der Waals surface area contributed by atoms with Crippen molar-refractivity contribution in [3.8, 4) is 0 Å². The number of alkyl halides is 3. The number of halogens is 3. The van der Waals surface area contributed by atoms with Gasteiger partial charge in [0, 0.05) is 38.9 Å². The zero-order valence-corrected chi connectivity index (χ0v) is 15.5. The summed E-state index contributed by atoms with van der Waals surface area (Å²) in [5.41, 5.74) is 5.34. The molecule has 2 amide bonds.